The Labute approximate surface area is 164 Å². The molecule has 1 heterocycles. The van der Waals surface area contributed by atoms with E-state index in [1.165, 1.54) is 18.1 Å². The SMILES string of the molecule is COC(=O)c1ccc2c(c1)C(c1ccccc1F)N(C(=O)OC(C)(C)C)CC2. The van der Waals surface area contributed by atoms with Crippen molar-refractivity contribution in [3.63, 3.8) is 0 Å². The van der Waals surface area contributed by atoms with Gasteiger partial charge in [-0.25, -0.2) is 14.0 Å². The second-order valence-electron chi connectivity index (χ2n) is 7.75. The van der Waals surface area contributed by atoms with Crippen LogP contribution in [-0.4, -0.2) is 36.2 Å². The van der Waals surface area contributed by atoms with E-state index < -0.39 is 29.5 Å². The molecular weight excluding hydrogens is 361 g/mol. The van der Waals surface area contributed by atoms with Crippen molar-refractivity contribution in [1.29, 1.82) is 0 Å². The van der Waals surface area contributed by atoms with Crippen LogP contribution in [0.4, 0.5) is 9.18 Å². The van der Waals surface area contributed by atoms with E-state index >= 15 is 0 Å². The Morgan fingerprint density at radius 1 is 1.11 bits per heavy atom. The van der Waals surface area contributed by atoms with Gasteiger partial charge in [0.25, 0.3) is 0 Å². The fourth-order valence-corrected chi connectivity index (χ4v) is 3.41. The summed E-state index contributed by atoms with van der Waals surface area (Å²) in [5.41, 5.74) is 1.70. The Balaban J connectivity index is 2.13. The van der Waals surface area contributed by atoms with E-state index in [0.717, 1.165) is 5.56 Å². The Morgan fingerprint density at radius 3 is 2.46 bits per heavy atom. The topological polar surface area (TPSA) is 55.8 Å². The molecule has 0 N–H and O–H groups in total. The first-order chi connectivity index (χ1) is 13.2. The van der Waals surface area contributed by atoms with Gasteiger partial charge in [-0.15, -0.1) is 0 Å². The molecule has 1 aliphatic heterocycles. The number of hydrogen-bond donors (Lipinski definition) is 0. The lowest BCUT2D eigenvalue weighted by Gasteiger charge is -2.38. The van der Waals surface area contributed by atoms with Crippen LogP contribution in [0.2, 0.25) is 0 Å². The predicted octanol–water partition coefficient (Wildman–Crippen LogP) is 4.49. The molecule has 1 amide bonds. The van der Waals surface area contributed by atoms with E-state index in [0.29, 0.717) is 29.7 Å². The normalized spacial score (nSPS) is 16.3. The van der Waals surface area contributed by atoms with Gasteiger partial charge in [-0.1, -0.05) is 24.3 Å². The monoisotopic (exact) mass is 385 g/mol. The number of rotatable bonds is 2. The summed E-state index contributed by atoms with van der Waals surface area (Å²) in [5.74, 6) is -0.901. The van der Waals surface area contributed by atoms with E-state index in [-0.39, 0.29) is 0 Å². The van der Waals surface area contributed by atoms with Crippen LogP contribution in [0.15, 0.2) is 42.5 Å². The minimum atomic E-state index is -0.690. The van der Waals surface area contributed by atoms with Gasteiger partial charge in [-0.3, -0.25) is 4.90 Å². The van der Waals surface area contributed by atoms with Crippen LogP contribution in [0.25, 0.3) is 0 Å². The standard InChI is InChI=1S/C22H24FNO4/c1-22(2,3)28-21(26)24-12-11-14-9-10-15(20(25)27-4)13-17(14)19(24)16-7-5-6-8-18(16)23/h5-10,13,19H,11-12H2,1-4H3. The average molecular weight is 385 g/mol. The highest BCUT2D eigenvalue weighted by molar-refractivity contribution is 5.89. The summed E-state index contributed by atoms with van der Waals surface area (Å²) in [6, 6.07) is 10.8. The van der Waals surface area contributed by atoms with Crippen LogP contribution in [0.5, 0.6) is 0 Å². The van der Waals surface area contributed by atoms with Crippen molar-refractivity contribution >= 4 is 12.1 Å². The molecule has 3 rings (SSSR count). The lowest BCUT2D eigenvalue weighted by Crippen LogP contribution is -2.43. The highest BCUT2D eigenvalue weighted by Gasteiger charge is 2.36. The van der Waals surface area contributed by atoms with Gasteiger partial charge in [0, 0.05) is 12.1 Å². The summed E-state index contributed by atoms with van der Waals surface area (Å²) >= 11 is 0. The Hall–Kier alpha value is -2.89. The van der Waals surface area contributed by atoms with E-state index in [9.17, 15) is 14.0 Å². The number of methoxy groups -OCH3 is 1. The minimum Gasteiger partial charge on any atom is -0.465 e. The zero-order chi connectivity index (χ0) is 20.5. The number of benzene rings is 2. The van der Waals surface area contributed by atoms with Gasteiger partial charge in [0.2, 0.25) is 0 Å². The van der Waals surface area contributed by atoms with Gasteiger partial charge < -0.3 is 9.47 Å². The number of hydrogen-bond acceptors (Lipinski definition) is 4. The molecule has 1 aliphatic rings. The Bertz CT molecular complexity index is 904. The molecule has 1 atom stereocenters. The van der Waals surface area contributed by atoms with E-state index in [4.69, 9.17) is 9.47 Å². The molecule has 0 saturated carbocycles. The number of carbonyl (C=O) groups excluding carboxylic acids is 2. The van der Waals surface area contributed by atoms with E-state index in [1.54, 1.807) is 51.1 Å². The van der Waals surface area contributed by atoms with Crippen LogP contribution < -0.4 is 0 Å². The Kier molecular flexibility index (Phi) is 5.40. The zero-order valence-electron chi connectivity index (χ0n) is 16.5. The molecule has 0 spiro atoms. The van der Waals surface area contributed by atoms with Crippen LogP contribution in [-0.2, 0) is 15.9 Å². The van der Waals surface area contributed by atoms with Crippen LogP contribution >= 0.6 is 0 Å². The van der Waals surface area contributed by atoms with Gasteiger partial charge in [0.1, 0.15) is 11.4 Å². The first-order valence-corrected chi connectivity index (χ1v) is 9.16. The molecule has 148 valence electrons. The third kappa shape index (κ3) is 4.01. The summed E-state index contributed by atoms with van der Waals surface area (Å²) in [6.07, 6.45) is 0.0657. The van der Waals surface area contributed by atoms with Crippen molar-refractivity contribution in [2.45, 2.75) is 38.8 Å². The van der Waals surface area contributed by atoms with Crippen LogP contribution in [0, 0.1) is 5.82 Å². The molecule has 0 radical (unpaired) electrons. The van der Waals surface area contributed by atoms with Crippen molar-refractivity contribution < 1.29 is 23.5 Å². The molecule has 0 fully saturated rings. The third-order valence-electron chi connectivity index (χ3n) is 4.62. The van der Waals surface area contributed by atoms with E-state index in [1.807, 2.05) is 6.07 Å². The molecule has 0 bridgehead atoms. The quantitative estimate of drug-likeness (QED) is 0.715. The molecule has 1 unspecified atom stereocenters. The maximum absolute atomic E-state index is 14.7. The summed E-state index contributed by atoms with van der Waals surface area (Å²) < 4.78 is 25.1. The molecule has 6 heteroatoms. The summed E-state index contributed by atoms with van der Waals surface area (Å²) in [4.78, 5) is 26.4. The molecule has 0 aliphatic carbocycles. The second-order valence-corrected chi connectivity index (χ2v) is 7.75. The highest BCUT2D eigenvalue weighted by Crippen LogP contribution is 2.37. The van der Waals surface area contributed by atoms with E-state index in [2.05, 4.69) is 0 Å². The Morgan fingerprint density at radius 2 is 1.82 bits per heavy atom. The number of fused-ring (bicyclic) bond motifs is 1. The lowest BCUT2D eigenvalue weighted by atomic mass is 9.87. The summed E-state index contributed by atoms with van der Waals surface area (Å²) in [6.45, 7) is 5.75. The van der Waals surface area contributed by atoms with Crippen molar-refractivity contribution in [1.82, 2.24) is 4.90 Å². The zero-order valence-corrected chi connectivity index (χ0v) is 16.5. The van der Waals surface area contributed by atoms with Crippen molar-refractivity contribution in [3.8, 4) is 0 Å². The summed E-state index contributed by atoms with van der Waals surface area (Å²) in [5, 5.41) is 0. The van der Waals surface area contributed by atoms with Gasteiger partial charge in [0.05, 0.1) is 18.7 Å². The molecular formula is C22H24FNO4. The van der Waals surface area contributed by atoms with Crippen molar-refractivity contribution in [2.24, 2.45) is 0 Å². The summed E-state index contributed by atoms with van der Waals surface area (Å²) in [7, 11) is 1.31. The van der Waals surface area contributed by atoms with Crippen molar-refractivity contribution in [2.75, 3.05) is 13.7 Å². The van der Waals surface area contributed by atoms with Crippen LogP contribution in [0.1, 0.15) is 53.9 Å². The number of amides is 1. The molecule has 0 saturated heterocycles. The third-order valence-corrected chi connectivity index (χ3v) is 4.62. The smallest absolute Gasteiger partial charge is 0.411 e. The van der Waals surface area contributed by atoms with Gasteiger partial charge in [-0.2, -0.15) is 0 Å². The minimum absolute atomic E-state index is 0.355. The first kappa shape index (κ1) is 19.9. The number of ether oxygens (including phenoxy) is 2. The highest BCUT2D eigenvalue weighted by atomic mass is 19.1. The van der Waals surface area contributed by atoms with Gasteiger partial charge in [-0.05, 0) is 56.5 Å². The molecule has 2 aromatic carbocycles. The first-order valence-electron chi connectivity index (χ1n) is 9.16. The fraction of sp³-hybridized carbons (Fsp3) is 0.364. The average Bonchev–Trinajstić information content (AvgIpc) is 2.65. The second kappa shape index (κ2) is 7.62. The molecule has 0 aromatic heterocycles. The number of carbonyl (C=O) groups is 2. The maximum atomic E-state index is 14.7. The predicted molar refractivity (Wildman–Crippen MR) is 103 cm³/mol. The van der Waals surface area contributed by atoms with Gasteiger partial charge in [0.15, 0.2) is 0 Å². The van der Waals surface area contributed by atoms with Crippen LogP contribution in [0.3, 0.4) is 0 Å². The molecule has 2 aromatic rings. The maximum Gasteiger partial charge on any atom is 0.411 e. The van der Waals surface area contributed by atoms with Gasteiger partial charge >= 0.3 is 12.1 Å². The lowest BCUT2D eigenvalue weighted by molar-refractivity contribution is 0.0176. The number of nitrogens with zero attached hydrogens (tertiary/aromatic N) is 1. The van der Waals surface area contributed by atoms with Crippen molar-refractivity contribution in [3.05, 3.63) is 70.5 Å². The largest absolute Gasteiger partial charge is 0.465 e. The molecule has 28 heavy (non-hydrogen) atoms. The number of halogens is 1. The fourth-order valence-electron chi connectivity index (χ4n) is 3.41. The number of esters is 1. The molecule has 5 nitrogen and oxygen atoms in total.